The van der Waals surface area contributed by atoms with E-state index in [9.17, 15) is 8.42 Å². The highest BCUT2D eigenvalue weighted by atomic mass is 32.2. The van der Waals surface area contributed by atoms with Crippen LogP contribution < -0.4 is 10.6 Å². The Morgan fingerprint density at radius 1 is 1.25 bits per heavy atom. The Balaban J connectivity index is 1.62. The summed E-state index contributed by atoms with van der Waals surface area (Å²) in [5.74, 6) is 0.658. The van der Waals surface area contributed by atoms with Crippen molar-refractivity contribution >= 4 is 15.5 Å². The zero-order valence-electron chi connectivity index (χ0n) is 11.7. The first-order valence-corrected chi connectivity index (χ1v) is 9.25. The molecule has 0 spiro atoms. The monoisotopic (exact) mass is 294 g/mol. The van der Waals surface area contributed by atoms with Crippen LogP contribution in [0.25, 0.3) is 0 Å². The maximum absolute atomic E-state index is 11.4. The van der Waals surface area contributed by atoms with E-state index >= 15 is 0 Å². The maximum Gasteiger partial charge on any atom is 0.150 e. The van der Waals surface area contributed by atoms with Crippen molar-refractivity contribution in [3.63, 3.8) is 0 Å². The number of aryl methyl sites for hydroxylation is 1. The third-order valence-electron chi connectivity index (χ3n) is 4.30. The Kier molecular flexibility index (Phi) is 3.98. The van der Waals surface area contributed by atoms with E-state index in [4.69, 9.17) is 0 Å². The first-order chi connectivity index (χ1) is 9.64. The highest BCUT2D eigenvalue weighted by molar-refractivity contribution is 7.91. The van der Waals surface area contributed by atoms with Gasteiger partial charge in [0.1, 0.15) is 9.84 Å². The molecule has 0 atom stereocenters. The van der Waals surface area contributed by atoms with Crippen molar-refractivity contribution in [2.24, 2.45) is 0 Å². The molecule has 3 rings (SSSR count). The van der Waals surface area contributed by atoms with Crippen LogP contribution in [0.3, 0.4) is 0 Å². The van der Waals surface area contributed by atoms with Crippen molar-refractivity contribution in [1.29, 1.82) is 0 Å². The summed E-state index contributed by atoms with van der Waals surface area (Å²) < 4.78 is 22.8. The molecule has 20 heavy (non-hydrogen) atoms. The van der Waals surface area contributed by atoms with Crippen molar-refractivity contribution in [2.45, 2.75) is 38.3 Å². The second kappa shape index (κ2) is 5.74. The largest absolute Gasteiger partial charge is 0.385 e. The summed E-state index contributed by atoms with van der Waals surface area (Å²) >= 11 is 0. The van der Waals surface area contributed by atoms with Gasteiger partial charge < -0.3 is 10.6 Å². The van der Waals surface area contributed by atoms with Gasteiger partial charge in [0.25, 0.3) is 0 Å². The molecule has 0 radical (unpaired) electrons. The minimum Gasteiger partial charge on any atom is -0.385 e. The van der Waals surface area contributed by atoms with Gasteiger partial charge in [0, 0.05) is 24.8 Å². The van der Waals surface area contributed by atoms with E-state index in [0.29, 0.717) is 17.5 Å². The fourth-order valence-corrected chi connectivity index (χ4v) is 4.57. The van der Waals surface area contributed by atoms with Crippen LogP contribution in [0.4, 0.5) is 5.69 Å². The van der Waals surface area contributed by atoms with Gasteiger partial charge in [0.05, 0.1) is 11.5 Å². The van der Waals surface area contributed by atoms with Crippen LogP contribution in [-0.4, -0.2) is 32.5 Å². The van der Waals surface area contributed by atoms with Crippen LogP contribution in [0.5, 0.6) is 0 Å². The van der Waals surface area contributed by atoms with Crippen LogP contribution in [0.2, 0.25) is 0 Å². The second-order valence-corrected chi connectivity index (χ2v) is 8.09. The number of rotatable bonds is 3. The van der Waals surface area contributed by atoms with Gasteiger partial charge in [-0.15, -0.1) is 0 Å². The molecule has 0 unspecified atom stereocenters. The van der Waals surface area contributed by atoms with Crippen LogP contribution in [0, 0.1) is 0 Å². The smallest absolute Gasteiger partial charge is 0.150 e. The Morgan fingerprint density at radius 2 is 2.05 bits per heavy atom. The first kappa shape index (κ1) is 13.9. The quantitative estimate of drug-likeness (QED) is 0.891. The first-order valence-electron chi connectivity index (χ1n) is 7.42. The molecule has 0 saturated carbocycles. The molecule has 0 amide bonds. The van der Waals surface area contributed by atoms with E-state index in [1.807, 2.05) is 0 Å². The standard InChI is InChI=1S/C15H22N2O2S/c18-20(19)9-6-14(7-10-20)17-11-13-4-1-3-12-5-2-8-16-15(12)13/h1,3-4,14,16-17H,2,5-11H2. The van der Waals surface area contributed by atoms with Crippen molar-refractivity contribution in [1.82, 2.24) is 5.32 Å². The van der Waals surface area contributed by atoms with Gasteiger partial charge in [-0.1, -0.05) is 18.2 Å². The van der Waals surface area contributed by atoms with E-state index in [1.54, 1.807) is 0 Å². The van der Waals surface area contributed by atoms with Crippen LogP contribution in [-0.2, 0) is 22.8 Å². The summed E-state index contributed by atoms with van der Waals surface area (Å²) in [5, 5.41) is 7.02. The highest BCUT2D eigenvalue weighted by Gasteiger charge is 2.23. The van der Waals surface area contributed by atoms with Gasteiger partial charge in [-0.05, 0) is 36.8 Å². The molecular weight excluding hydrogens is 272 g/mol. The van der Waals surface area contributed by atoms with Crippen molar-refractivity contribution < 1.29 is 8.42 Å². The molecule has 1 aromatic rings. The number of hydrogen-bond acceptors (Lipinski definition) is 4. The van der Waals surface area contributed by atoms with E-state index < -0.39 is 9.84 Å². The zero-order valence-corrected chi connectivity index (χ0v) is 12.5. The molecular formula is C15H22N2O2S. The fourth-order valence-electron chi connectivity index (χ4n) is 3.08. The molecule has 0 bridgehead atoms. The molecule has 2 aliphatic rings. The second-order valence-electron chi connectivity index (χ2n) is 5.79. The topological polar surface area (TPSA) is 58.2 Å². The van der Waals surface area contributed by atoms with E-state index in [0.717, 1.165) is 32.4 Å². The summed E-state index contributed by atoms with van der Waals surface area (Å²) in [6.45, 7) is 1.87. The number of nitrogens with one attached hydrogen (secondary N) is 2. The van der Waals surface area contributed by atoms with Gasteiger partial charge in [0.15, 0.2) is 0 Å². The van der Waals surface area contributed by atoms with Crippen LogP contribution >= 0.6 is 0 Å². The molecule has 2 N–H and O–H groups in total. The van der Waals surface area contributed by atoms with E-state index in [1.165, 1.54) is 23.2 Å². The number of fused-ring (bicyclic) bond motifs is 1. The van der Waals surface area contributed by atoms with Crippen LogP contribution in [0.15, 0.2) is 18.2 Å². The lowest BCUT2D eigenvalue weighted by atomic mass is 9.99. The molecule has 4 nitrogen and oxygen atoms in total. The lowest BCUT2D eigenvalue weighted by molar-refractivity contribution is 0.463. The van der Waals surface area contributed by atoms with Crippen molar-refractivity contribution in [3.05, 3.63) is 29.3 Å². The average molecular weight is 294 g/mol. The van der Waals surface area contributed by atoms with E-state index in [-0.39, 0.29) is 0 Å². The predicted molar refractivity (Wildman–Crippen MR) is 81.8 cm³/mol. The Hall–Kier alpha value is -1.07. The number of para-hydroxylation sites is 1. The normalized spacial score (nSPS) is 22.0. The molecule has 5 heteroatoms. The zero-order chi connectivity index (χ0) is 14.0. The number of benzene rings is 1. The molecule has 1 aromatic carbocycles. The maximum atomic E-state index is 11.4. The molecule has 0 aliphatic carbocycles. The molecule has 1 saturated heterocycles. The number of hydrogen-bond donors (Lipinski definition) is 2. The van der Waals surface area contributed by atoms with Crippen molar-refractivity contribution in [2.75, 3.05) is 23.4 Å². The summed E-state index contributed by atoms with van der Waals surface area (Å²) in [6, 6.07) is 6.80. The van der Waals surface area contributed by atoms with Gasteiger partial charge in [0.2, 0.25) is 0 Å². The molecule has 110 valence electrons. The summed E-state index contributed by atoms with van der Waals surface area (Å²) in [4.78, 5) is 0. The third kappa shape index (κ3) is 3.15. The minimum atomic E-state index is -2.77. The van der Waals surface area contributed by atoms with E-state index in [2.05, 4.69) is 28.8 Å². The summed E-state index contributed by atoms with van der Waals surface area (Å²) in [5.41, 5.74) is 3.99. The summed E-state index contributed by atoms with van der Waals surface area (Å²) in [7, 11) is -2.77. The molecule has 2 aliphatic heterocycles. The molecule has 2 heterocycles. The van der Waals surface area contributed by atoms with Crippen LogP contribution in [0.1, 0.15) is 30.4 Å². The van der Waals surface area contributed by atoms with Gasteiger partial charge >= 0.3 is 0 Å². The summed E-state index contributed by atoms with van der Waals surface area (Å²) in [6.07, 6.45) is 3.83. The third-order valence-corrected chi connectivity index (χ3v) is 6.01. The van der Waals surface area contributed by atoms with Gasteiger partial charge in [-0.2, -0.15) is 0 Å². The Bertz CT molecular complexity index is 570. The van der Waals surface area contributed by atoms with Gasteiger partial charge in [-0.3, -0.25) is 0 Å². The lowest BCUT2D eigenvalue weighted by Crippen LogP contribution is -2.37. The predicted octanol–water partition coefficient (Wildman–Crippen LogP) is 1.71. The Labute approximate surface area is 120 Å². The van der Waals surface area contributed by atoms with Gasteiger partial charge in [-0.25, -0.2) is 8.42 Å². The fraction of sp³-hybridized carbons (Fsp3) is 0.600. The highest BCUT2D eigenvalue weighted by Crippen LogP contribution is 2.26. The number of sulfone groups is 1. The molecule has 1 fully saturated rings. The minimum absolute atomic E-state index is 0.329. The lowest BCUT2D eigenvalue weighted by Gasteiger charge is -2.25. The SMILES string of the molecule is O=S1(=O)CCC(NCc2cccc3c2NCCC3)CC1. The Morgan fingerprint density at radius 3 is 2.85 bits per heavy atom. The number of anilines is 1. The molecule has 0 aromatic heterocycles. The van der Waals surface area contributed by atoms with Crippen molar-refractivity contribution in [3.8, 4) is 0 Å². The average Bonchev–Trinajstić information content (AvgIpc) is 2.46.